The Morgan fingerprint density at radius 1 is 1.17 bits per heavy atom. The normalized spacial score (nSPS) is 16.1. The summed E-state index contributed by atoms with van der Waals surface area (Å²) in [6.07, 6.45) is 0.202. The third kappa shape index (κ3) is 3.46. The number of ether oxygens (including phenoxy) is 2. The van der Waals surface area contributed by atoms with Crippen molar-refractivity contribution in [3.63, 3.8) is 0 Å². The van der Waals surface area contributed by atoms with Crippen LogP contribution in [0.25, 0.3) is 0 Å². The van der Waals surface area contributed by atoms with Crippen molar-refractivity contribution in [2.24, 2.45) is 0 Å². The van der Waals surface area contributed by atoms with Crippen LogP contribution in [0.2, 0.25) is 0 Å². The van der Waals surface area contributed by atoms with Crippen LogP contribution in [0.3, 0.4) is 0 Å². The molecular weight excluding hydrogens is 306 g/mol. The molecule has 24 heavy (non-hydrogen) atoms. The van der Waals surface area contributed by atoms with Gasteiger partial charge in [-0.1, -0.05) is 24.3 Å². The maximum atomic E-state index is 12.5. The van der Waals surface area contributed by atoms with Gasteiger partial charge in [0.05, 0.1) is 18.8 Å². The van der Waals surface area contributed by atoms with Crippen LogP contribution in [0.15, 0.2) is 48.5 Å². The number of anilines is 1. The summed E-state index contributed by atoms with van der Waals surface area (Å²) in [6, 6.07) is 14.4. The van der Waals surface area contributed by atoms with Gasteiger partial charge in [0.15, 0.2) is 6.10 Å². The van der Waals surface area contributed by atoms with E-state index in [1.54, 1.807) is 31.2 Å². The van der Waals surface area contributed by atoms with Gasteiger partial charge in [0, 0.05) is 5.69 Å². The highest BCUT2D eigenvalue weighted by Crippen LogP contribution is 2.28. The highest BCUT2D eigenvalue weighted by Gasteiger charge is 2.27. The van der Waals surface area contributed by atoms with E-state index in [2.05, 4.69) is 5.32 Å². The lowest BCUT2D eigenvalue weighted by atomic mass is 9.97. The van der Waals surface area contributed by atoms with Gasteiger partial charge in [-0.3, -0.25) is 4.79 Å². The molecule has 3 rings (SSSR count). The molecule has 0 bridgehead atoms. The first-order valence-corrected chi connectivity index (χ1v) is 7.96. The minimum absolute atomic E-state index is 0.217. The van der Waals surface area contributed by atoms with Gasteiger partial charge in [0.1, 0.15) is 0 Å². The molecule has 2 aromatic carbocycles. The maximum absolute atomic E-state index is 12.5. The summed E-state index contributed by atoms with van der Waals surface area (Å²) < 4.78 is 10.6. The zero-order valence-corrected chi connectivity index (χ0v) is 13.5. The summed E-state index contributed by atoms with van der Waals surface area (Å²) in [7, 11) is 0. The molecule has 1 amide bonds. The second kappa shape index (κ2) is 7.27. The third-order valence-corrected chi connectivity index (χ3v) is 3.90. The highest BCUT2D eigenvalue weighted by molar-refractivity contribution is 5.96. The Labute approximate surface area is 140 Å². The number of rotatable bonds is 4. The largest absolute Gasteiger partial charge is 0.462 e. The smallest absolute Gasteiger partial charge is 0.338 e. The van der Waals surface area contributed by atoms with Crippen molar-refractivity contribution < 1.29 is 19.1 Å². The van der Waals surface area contributed by atoms with Gasteiger partial charge >= 0.3 is 5.97 Å². The number of carbonyl (C=O) groups is 2. The Bertz CT molecular complexity index is 739. The van der Waals surface area contributed by atoms with Crippen molar-refractivity contribution in [3.05, 3.63) is 65.2 Å². The predicted molar refractivity (Wildman–Crippen MR) is 89.9 cm³/mol. The fraction of sp³-hybridized carbons (Fsp3) is 0.263. The zero-order chi connectivity index (χ0) is 16.9. The van der Waals surface area contributed by atoms with E-state index in [-0.39, 0.29) is 11.9 Å². The fourth-order valence-corrected chi connectivity index (χ4v) is 2.72. The van der Waals surface area contributed by atoms with Crippen LogP contribution in [0.1, 0.15) is 34.5 Å². The average molecular weight is 325 g/mol. The molecule has 0 saturated heterocycles. The third-order valence-electron chi connectivity index (χ3n) is 3.90. The lowest BCUT2D eigenvalue weighted by molar-refractivity contribution is -0.128. The molecule has 0 aliphatic carbocycles. The number of carbonyl (C=O) groups excluding carboxylic acids is 2. The van der Waals surface area contributed by atoms with Gasteiger partial charge in [0.25, 0.3) is 5.91 Å². The van der Waals surface area contributed by atoms with Crippen molar-refractivity contribution in [2.45, 2.75) is 19.4 Å². The number of amides is 1. The molecule has 0 fully saturated rings. The van der Waals surface area contributed by atoms with Gasteiger partial charge in [0.2, 0.25) is 0 Å². The predicted octanol–water partition coefficient (Wildman–Crippen LogP) is 3.12. The van der Waals surface area contributed by atoms with E-state index in [0.29, 0.717) is 24.5 Å². The van der Waals surface area contributed by atoms with Crippen molar-refractivity contribution in [1.82, 2.24) is 0 Å². The van der Waals surface area contributed by atoms with Crippen LogP contribution < -0.4 is 5.32 Å². The SMILES string of the molecule is CCOC(=O)c1ccc(NC(=O)C2OCCc3ccccc32)cc1. The summed E-state index contributed by atoms with van der Waals surface area (Å²) in [5.74, 6) is -0.592. The number of fused-ring (bicyclic) bond motifs is 1. The molecule has 5 heteroatoms. The Hall–Kier alpha value is -2.66. The minimum Gasteiger partial charge on any atom is -0.462 e. The fourth-order valence-electron chi connectivity index (χ4n) is 2.72. The average Bonchev–Trinajstić information content (AvgIpc) is 2.62. The van der Waals surface area contributed by atoms with E-state index in [4.69, 9.17) is 9.47 Å². The van der Waals surface area contributed by atoms with Gasteiger partial charge in [-0.05, 0) is 48.7 Å². The molecule has 1 unspecified atom stereocenters. The molecule has 1 aliphatic rings. The van der Waals surface area contributed by atoms with E-state index in [1.807, 2.05) is 24.3 Å². The van der Waals surface area contributed by atoms with Crippen molar-refractivity contribution in [1.29, 1.82) is 0 Å². The van der Waals surface area contributed by atoms with E-state index in [9.17, 15) is 9.59 Å². The molecule has 1 atom stereocenters. The molecule has 1 aliphatic heterocycles. The lowest BCUT2D eigenvalue weighted by Gasteiger charge is -2.25. The van der Waals surface area contributed by atoms with Gasteiger partial charge in [-0.25, -0.2) is 4.79 Å². The van der Waals surface area contributed by atoms with Gasteiger partial charge in [-0.15, -0.1) is 0 Å². The number of benzene rings is 2. The van der Waals surface area contributed by atoms with Crippen LogP contribution >= 0.6 is 0 Å². The van der Waals surface area contributed by atoms with E-state index in [1.165, 1.54) is 0 Å². The summed E-state index contributed by atoms with van der Waals surface area (Å²) in [5.41, 5.74) is 3.11. The maximum Gasteiger partial charge on any atom is 0.338 e. The molecule has 124 valence electrons. The molecule has 0 spiro atoms. The topological polar surface area (TPSA) is 64.6 Å². The molecule has 1 heterocycles. The Morgan fingerprint density at radius 2 is 1.92 bits per heavy atom. The molecule has 0 radical (unpaired) electrons. The molecule has 0 aromatic heterocycles. The van der Waals surface area contributed by atoms with Crippen molar-refractivity contribution in [3.8, 4) is 0 Å². The standard InChI is InChI=1S/C19H19NO4/c1-2-23-19(22)14-7-9-15(10-8-14)20-18(21)17-16-6-4-3-5-13(16)11-12-24-17/h3-10,17H,2,11-12H2,1H3,(H,20,21). The summed E-state index contributed by atoms with van der Waals surface area (Å²) in [6.45, 7) is 2.61. The summed E-state index contributed by atoms with van der Waals surface area (Å²) >= 11 is 0. The van der Waals surface area contributed by atoms with Crippen LogP contribution in [0, 0.1) is 0 Å². The highest BCUT2D eigenvalue weighted by atomic mass is 16.5. The Balaban J connectivity index is 1.71. The van der Waals surface area contributed by atoms with Crippen LogP contribution in [-0.2, 0) is 20.7 Å². The lowest BCUT2D eigenvalue weighted by Crippen LogP contribution is -2.28. The quantitative estimate of drug-likeness (QED) is 0.877. The summed E-state index contributed by atoms with van der Waals surface area (Å²) in [5, 5.41) is 2.83. The van der Waals surface area contributed by atoms with Crippen LogP contribution in [0.4, 0.5) is 5.69 Å². The van der Waals surface area contributed by atoms with Gasteiger partial charge < -0.3 is 14.8 Å². The zero-order valence-electron chi connectivity index (χ0n) is 13.5. The molecular formula is C19H19NO4. The summed E-state index contributed by atoms with van der Waals surface area (Å²) in [4.78, 5) is 24.2. The number of esters is 1. The first-order valence-electron chi connectivity index (χ1n) is 7.96. The Kier molecular flexibility index (Phi) is 4.91. The second-order valence-corrected chi connectivity index (χ2v) is 5.49. The first kappa shape index (κ1) is 16.2. The van der Waals surface area contributed by atoms with E-state index >= 15 is 0 Å². The van der Waals surface area contributed by atoms with Crippen molar-refractivity contribution in [2.75, 3.05) is 18.5 Å². The van der Waals surface area contributed by atoms with Crippen LogP contribution in [0.5, 0.6) is 0 Å². The second-order valence-electron chi connectivity index (χ2n) is 5.49. The number of hydrogen-bond acceptors (Lipinski definition) is 4. The first-order chi connectivity index (χ1) is 11.7. The molecule has 0 saturated carbocycles. The van der Waals surface area contributed by atoms with E-state index < -0.39 is 6.10 Å². The van der Waals surface area contributed by atoms with E-state index in [0.717, 1.165) is 17.5 Å². The van der Waals surface area contributed by atoms with Crippen LogP contribution in [-0.4, -0.2) is 25.1 Å². The van der Waals surface area contributed by atoms with Gasteiger partial charge in [-0.2, -0.15) is 0 Å². The number of nitrogens with one attached hydrogen (secondary N) is 1. The monoisotopic (exact) mass is 325 g/mol. The molecule has 5 nitrogen and oxygen atoms in total. The number of hydrogen-bond donors (Lipinski definition) is 1. The minimum atomic E-state index is -0.611. The molecule has 2 aromatic rings. The van der Waals surface area contributed by atoms with Crippen molar-refractivity contribution >= 4 is 17.6 Å². The Morgan fingerprint density at radius 3 is 2.67 bits per heavy atom. The molecule has 1 N–H and O–H groups in total.